The van der Waals surface area contributed by atoms with E-state index in [9.17, 15) is 0 Å². The molecule has 72 valence electrons. The van der Waals surface area contributed by atoms with E-state index in [0.29, 0.717) is 0 Å². The topological polar surface area (TPSA) is 26.0 Å². The van der Waals surface area contributed by atoms with E-state index in [1.54, 1.807) is 11.8 Å². The minimum absolute atomic E-state index is 0.273. The van der Waals surface area contributed by atoms with Crippen LogP contribution < -0.4 is 5.73 Å². The van der Waals surface area contributed by atoms with Crippen molar-refractivity contribution in [1.82, 2.24) is 0 Å². The van der Waals surface area contributed by atoms with Gasteiger partial charge in [0, 0.05) is 10.9 Å². The van der Waals surface area contributed by atoms with Gasteiger partial charge in [0.1, 0.15) is 0 Å². The number of hydrogen-bond acceptors (Lipinski definition) is 2. The lowest BCUT2D eigenvalue weighted by atomic mass is 10.3. The van der Waals surface area contributed by atoms with Crippen molar-refractivity contribution in [1.29, 1.82) is 0 Å². The Kier molecular flexibility index (Phi) is 4.64. The lowest BCUT2D eigenvalue weighted by Gasteiger charge is -2.05. The van der Waals surface area contributed by atoms with Crippen LogP contribution in [0.25, 0.3) is 0 Å². The van der Waals surface area contributed by atoms with Gasteiger partial charge in [-0.3, -0.25) is 0 Å². The molecular weight excluding hydrogens is 202 g/mol. The number of thioether (sulfide) groups is 1. The predicted molar refractivity (Wildman–Crippen MR) is 60.4 cm³/mol. The van der Waals surface area contributed by atoms with E-state index in [2.05, 4.69) is 0 Å². The predicted octanol–water partition coefficient (Wildman–Crippen LogP) is 3.17. The Balaban J connectivity index is 2.41. The minimum Gasteiger partial charge on any atom is -0.328 e. The highest BCUT2D eigenvalue weighted by atomic mass is 35.5. The first kappa shape index (κ1) is 10.9. The Morgan fingerprint density at radius 2 is 2.15 bits per heavy atom. The number of halogens is 1. The second-order valence-electron chi connectivity index (χ2n) is 3.04. The summed E-state index contributed by atoms with van der Waals surface area (Å²) in [5.41, 5.74) is 5.65. The zero-order chi connectivity index (χ0) is 9.68. The molecule has 0 bridgehead atoms. The molecule has 3 heteroatoms. The van der Waals surface area contributed by atoms with E-state index in [4.69, 9.17) is 17.3 Å². The number of rotatable bonds is 4. The fraction of sp³-hybridized carbons (Fsp3) is 0.400. The molecule has 0 spiro atoms. The average molecular weight is 216 g/mol. The van der Waals surface area contributed by atoms with Gasteiger partial charge in [-0.2, -0.15) is 0 Å². The normalized spacial score (nSPS) is 12.8. The van der Waals surface area contributed by atoms with Crippen LogP contribution in [0.3, 0.4) is 0 Å². The molecule has 1 aromatic carbocycles. The maximum absolute atomic E-state index is 5.99. The van der Waals surface area contributed by atoms with Crippen LogP contribution in [-0.2, 0) is 0 Å². The van der Waals surface area contributed by atoms with Gasteiger partial charge in [0.15, 0.2) is 0 Å². The highest BCUT2D eigenvalue weighted by molar-refractivity contribution is 7.99. The van der Waals surface area contributed by atoms with Gasteiger partial charge in [-0.1, -0.05) is 23.7 Å². The van der Waals surface area contributed by atoms with Gasteiger partial charge in [-0.25, -0.2) is 0 Å². The summed E-state index contributed by atoms with van der Waals surface area (Å²) in [4.78, 5) is 1.14. The van der Waals surface area contributed by atoms with Crippen molar-refractivity contribution < 1.29 is 0 Å². The molecule has 0 heterocycles. The Labute approximate surface area is 88.7 Å². The first-order chi connectivity index (χ1) is 6.20. The molecule has 1 unspecified atom stereocenters. The van der Waals surface area contributed by atoms with Gasteiger partial charge >= 0.3 is 0 Å². The molecule has 0 radical (unpaired) electrons. The number of benzene rings is 1. The van der Waals surface area contributed by atoms with E-state index in [1.165, 1.54) is 0 Å². The zero-order valence-corrected chi connectivity index (χ0v) is 9.24. The molecule has 0 aliphatic carbocycles. The third-order valence-corrected chi connectivity index (χ3v) is 3.22. The molecular formula is C10H14ClNS. The van der Waals surface area contributed by atoms with Gasteiger partial charge in [-0.15, -0.1) is 11.8 Å². The van der Waals surface area contributed by atoms with E-state index in [-0.39, 0.29) is 6.04 Å². The van der Waals surface area contributed by atoms with Crippen LogP contribution >= 0.6 is 23.4 Å². The van der Waals surface area contributed by atoms with Crippen molar-refractivity contribution >= 4 is 23.4 Å². The first-order valence-electron chi connectivity index (χ1n) is 4.33. The Morgan fingerprint density at radius 1 is 1.46 bits per heavy atom. The van der Waals surface area contributed by atoms with Gasteiger partial charge in [-0.05, 0) is 31.2 Å². The van der Waals surface area contributed by atoms with Crippen LogP contribution in [0, 0.1) is 0 Å². The standard InChI is InChI=1S/C10H14ClNS/c1-8(12)6-7-13-10-5-3-2-4-9(10)11/h2-5,8H,6-7,12H2,1H3. The van der Waals surface area contributed by atoms with Crippen LogP contribution in [0.1, 0.15) is 13.3 Å². The lowest BCUT2D eigenvalue weighted by molar-refractivity contribution is 0.721. The largest absolute Gasteiger partial charge is 0.328 e. The average Bonchev–Trinajstić information content (AvgIpc) is 2.08. The molecule has 0 amide bonds. The summed E-state index contributed by atoms with van der Waals surface area (Å²) in [6, 6.07) is 8.16. The van der Waals surface area contributed by atoms with Gasteiger partial charge < -0.3 is 5.73 Å². The molecule has 0 aliphatic rings. The highest BCUT2D eigenvalue weighted by Gasteiger charge is 2.00. The van der Waals surface area contributed by atoms with Crippen molar-refractivity contribution in [2.45, 2.75) is 24.3 Å². The quantitative estimate of drug-likeness (QED) is 0.781. The van der Waals surface area contributed by atoms with Crippen LogP contribution in [0.5, 0.6) is 0 Å². The highest BCUT2D eigenvalue weighted by Crippen LogP contribution is 2.26. The third kappa shape index (κ3) is 4.03. The van der Waals surface area contributed by atoms with E-state index >= 15 is 0 Å². The summed E-state index contributed by atoms with van der Waals surface area (Å²) in [5.74, 6) is 1.03. The van der Waals surface area contributed by atoms with Crippen molar-refractivity contribution in [2.24, 2.45) is 5.73 Å². The fourth-order valence-electron chi connectivity index (χ4n) is 0.917. The molecule has 0 saturated carbocycles. The molecule has 0 aliphatic heterocycles. The van der Waals surface area contributed by atoms with Crippen molar-refractivity contribution in [3.8, 4) is 0 Å². The maximum Gasteiger partial charge on any atom is 0.0541 e. The zero-order valence-electron chi connectivity index (χ0n) is 7.66. The van der Waals surface area contributed by atoms with Crippen LogP contribution in [-0.4, -0.2) is 11.8 Å². The van der Waals surface area contributed by atoms with Crippen LogP contribution in [0.2, 0.25) is 5.02 Å². The minimum atomic E-state index is 0.273. The SMILES string of the molecule is CC(N)CCSc1ccccc1Cl. The lowest BCUT2D eigenvalue weighted by Crippen LogP contribution is -2.15. The summed E-state index contributed by atoms with van der Waals surface area (Å²) in [5, 5.41) is 0.831. The monoisotopic (exact) mass is 215 g/mol. The summed E-state index contributed by atoms with van der Waals surface area (Å²) in [6.07, 6.45) is 1.02. The Morgan fingerprint density at radius 3 is 2.77 bits per heavy atom. The molecule has 1 rings (SSSR count). The Hall–Kier alpha value is -0.180. The maximum atomic E-state index is 5.99. The smallest absolute Gasteiger partial charge is 0.0541 e. The Bertz CT molecular complexity index is 263. The van der Waals surface area contributed by atoms with Gasteiger partial charge in [0.2, 0.25) is 0 Å². The first-order valence-corrected chi connectivity index (χ1v) is 5.69. The fourth-order valence-corrected chi connectivity index (χ4v) is 2.31. The van der Waals surface area contributed by atoms with Crippen molar-refractivity contribution in [3.63, 3.8) is 0 Å². The molecule has 0 fully saturated rings. The summed E-state index contributed by atoms with van der Waals surface area (Å²) in [7, 11) is 0. The second kappa shape index (κ2) is 5.53. The van der Waals surface area contributed by atoms with E-state index in [0.717, 1.165) is 22.1 Å². The molecule has 13 heavy (non-hydrogen) atoms. The van der Waals surface area contributed by atoms with Gasteiger partial charge in [0.25, 0.3) is 0 Å². The van der Waals surface area contributed by atoms with Crippen molar-refractivity contribution in [3.05, 3.63) is 29.3 Å². The molecule has 1 nitrogen and oxygen atoms in total. The third-order valence-electron chi connectivity index (χ3n) is 1.67. The van der Waals surface area contributed by atoms with Crippen LogP contribution in [0.15, 0.2) is 29.2 Å². The molecule has 1 atom stereocenters. The summed E-state index contributed by atoms with van der Waals surface area (Å²) in [6.45, 7) is 2.02. The molecule has 2 N–H and O–H groups in total. The number of nitrogens with two attached hydrogens (primary N) is 1. The van der Waals surface area contributed by atoms with Gasteiger partial charge in [0.05, 0.1) is 5.02 Å². The van der Waals surface area contributed by atoms with E-state index in [1.807, 2.05) is 31.2 Å². The number of hydrogen-bond donors (Lipinski definition) is 1. The van der Waals surface area contributed by atoms with E-state index < -0.39 is 0 Å². The van der Waals surface area contributed by atoms with Crippen LogP contribution in [0.4, 0.5) is 0 Å². The molecule has 0 aromatic heterocycles. The summed E-state index contributed by atoms with van der Waals surface area (Å²) >= 11 is 7.75. The van der Waals surface area contributed by atoms with Crippen molar-refractivity contribution in [2.75, 3.05) is 5.75 Å². The second-order valence-corrected chi connectivity index (χ2v) is 4.59. The molecule has 1 aromatic rings. The molecule has 0 saturated heterocycles. The summed E-state index contributed by atoms with van der Waals surface area (Å²) < 4.78 is 0.